The van der Waals surface area contributed by atoms with Crippen LogP contribution in [0.25, 0.3) is 0 Å². The van der Waals surface area contributed by atoms with Crippen LogP contribution in [0.5, 0.6) is 0 Å². The Kier molecular flexibility index (Phi) is 10.6. The van der Waals surface area contributed by atoms with E-state index in [9.17, 15) is 19.5 Å². The molecule has 0 aliphatic heterocycles. The first-order valence-electron chi connectivity index (χ1n) is 11.5. The summed E-state index contributed by atoms with van der Waals surface area (Å²) in [5.74, 6) is -1.16. The van der Waals surface area contributed by atoms with Crippen LogP contribution >= 0.6 is 24.2 Å². The van der Waals surface area contributed by atoms with E-state index in [0.717, 1.165) is 11.1 Å². The predicted molar refractivity (Wildman–Crippen MR) is 145 cm³/mol. The van der Waals surface area contributed by atoms with Crippen molar-refractivity contribution in [3.05, 3.63) is 64.2 Å². The van der Waals surface area contributed by atoms with Gasteiger partial charge >= 0.3 is 6.09 Å². The Bertz CT molecular complexity index is 1070. The summed E-state index contributed by atoms with van der Waals surface area (Å²) in [5.41, 5.74) is 1.75. The zero-order valence-electron chi connectivity index (χ0n) is 21.2. The maximum atomic E-state index is 13.7. The summed E-state index contributed by atoms with van der Waals surface area (Å²) in [5, 5.41) is 15.6. The van der Waals surface area contributed by atoms with Crippen LogP contribution in [0.1, 0.15) is 43.5 Å². The molecule has 2 unspecified atom stereocenters. The first kappa shape index (κ1) is 29.5. The van der Waals surface area contributed by atoms with Gasteiger partial charge in [-0.25, -0.2) is 4.79 Å². The molecule has 0 heterocycles. The standard InChI is InChI=1S/C26H34ClN3O5S/c1-16-9-6-7-11-18(16)22(23(32)29-21-17(2)10-8-12-19(21)27)30(13-14-31)24(33)20(15-36)28-25(34)35-26(3,4)5/h6-12,20,22,31,36H,13-15H2,1-5H3,(H,28,34)(H,29,32). The number of carbonyl (C=O) groups excluding carboxylic acids is 3. The third-order valence-corrected chi connectivity index (χ3v) is 5.99. The molecule has 8 nitrogen and oxygen atoms in total. The lowest BCUT2D eigenvalue weighted by molar-refractivity contribution is -0.140. The van der Waals surface area contributed by atoms with Gasteiger partial charge in [-0.15, -0.1) is 0 Å². The molecule has 0 aliphatic carbocycles. The van der Waals surface area contributed by atoms with Gasteiger partial charge in [-0.1, -0.05) is 48.0 Å². The molecule has 0 spiro atoms. The van der Waals surface area contributed by atoms with Gasteiger partial charge in [-0.3, -0.25) is 9.59 Å². The van der Waals surface area contributed by atoms with E-state index in [-0.39, 0.29) is 12.3 Å². The molecule has 196 valence electrons. The molecule has 0 aliphatic rings. The number of nitrogens with zero attached hydrogens (tertiary/aromatic N) is 1. The number of aryl methyl sites for hydroxylation is 2. The van der Waals surface area contributed by atoms with Gasteiger partial charge < -0.3 is 25.4 Å². The number of aliphatic hydroxyl groups is 1. The minimum atomic E-state index is -1.12. The molecule has 0 fully saturated rings. The third kappa shape index (κ3) is 7.88. The summed E-state index contributed by atoms with van der Waals surface area (Å²) >= 11 is 10.6. The second-order valence-electron chi connectivity index (χ2n) is 9.32. The van der Waals surface area contributed by atoms with E-state index >= 15 is 0 Å². The molecule has 10 heteroatoms. The van der Waals surface area contributed by atoms with E-state index < -0.39 is 42.2 Å². The van der Waals surface area contributed by atoms with Crippen LogP contribution in [0.3, 0.4) is 0 Å². The maximum Gasteiger partial charge on any atom is 0.408 e. The van der Waals surface area contributed by atoms with Crippen LogP contribution in [0, 0.1) is 13.8 Å². The van der Waals surface area contributed by atoms with Crippen molar-refractivity contribution < 1.29 is 24.2 Å². The van der Waals surface area contributed by atoms with E-state index in [1.54, 1.807) is 45.0 Å². The van der Waals surface area contributed by atoms with E-state index in [0.29, 0.717) is 16.3 Å². The number of hydrogen-bond donors (Lipinski definition) is 4. The van der Waals surface area contributed by atoms with Gasteiger partial charge in [-0.05, 0) is 57.4 Å². The van der Waals surface area contributed by atoms with Crippen molar-refractivity contribution in [2.45, 2.75) is 52.3 Å². The van der Waals surface area contributed by atoms with E-state index in [1.165, 1.54) is 4.90 Å². The van der Waals surface area contributed by atoms with Crippen molar-refractivity contribution >= 4 is 47.8 Å². The Balaban J connectivity index is 2.49. The molecule has 2 aromatic carbocycles. The molecule has 0 aromatic heterocycles. The number of amides is 3. The Labute approximate surface area is 222 Å². The summed E-state index contributed by atoms with van der Waals surface area (Å²) in [4.78, 5) is 41.0. The molecule has 2 atom stereocenters. The lowest BCUT2D eigenvalue weighted by atomic mass is 9.98. The number of hydrogen-bond acceptors (Lipinski definition) is 6. The summed E-state index contributed by atoms with van der Waals surface area (Å²) in [6.45, 7) is 8.19. The largest absolute Gasteiger partial charge is 0.444 e. The number of nitrogens with one attached hydrogen (secondary N) is 2. The number of anilines is 1. The minimum absolute atomic E-state index is 0.0499. The van der Waals surface area contributed by atoms with Crippen LogP contribution in [0.4, 0.5) is 10.5 Å². The lowest BCUT2D eigenvalue weighted by Gasteiger charge is -2.34. The van der Waals surface area contributed by atoms with Gasteiger partial charge in [0.25, 0.3) is 5.91 Å². The van der Waals surface area contributed by atoms with Crippen molar-refractivity contribution in [3.63, 3.8) is 0 Å². The molecular formula is C26H34ClN3O5S. The number of thiol groups is 1. The van der Waals surface area contributed by atoms with Crippen LogP contribution < -0.4 is 10.6 Å². The summed E-state index contributed by atoms with van der Waals surface area (Å²) in [6.07, 6.45) is -0.789. The predicted octanol–water partition coefficient (Wildman–Crippen LogP) is 4.28. The monoisotopic (exact) mass is 535 g/mol. The van der Waals surface area contributed by atoms with Crippen LogP contribution in [-0.2, 0) is 14.3 Å². The van der Waals surface area contributed by atoms with Crippen molar-refractivity contribution in [1.82, 2.24) is 10.2 Å². The number of rotatable bonds is 9. The lowest BCUT2D eigenvalue weighted by Crippen LogP contribution is -2.54. The first-order valence-corrected chi connectivity index (χ1v) is 12.5. The first-order chi connectivity index (χ1) is 16.9. The van der Waals surface area contributed by atoms with Crippen molar-refractivity contribution in [3.8, 4) is 0 Å². The Hall–Kier alpha value is -2.75. The number of carbonyl (C=O) groups is 3. The van der Waals surface area contributed by atoms with Gasteiger partial charge in [0.15, 0.2) is 0 Å². The van der Waals surface area contributed by atoms with E-state index in [2.05, 4.69) is 23.3 Å². The topological polar surface area (TPSA) is 108 Å². The Morgan fingerprint density at radius 2 is 1.72 bits per heavy atom. The van der Waals surface area contributed by atoms with E-state index in [4.69, 9.17) is 16.3 Å². The van der Waals surface area contributed by atoms with Crippen molar-refractivity contribution in [2.24, 2.45) is 0 Å². The number of halogens is 1. The van der Waals surface area contributed by atoms with Crippen molar-refractivity contribution in [2.75, 3.05) is 24.2 Å². The molecule has 36 heavy (non-hydrogen) atoms. The van der Waals surface area contributed by atoms with Crippen molar-refractivity contribution in [1.29, 1.82) is 0 Å². The van der Waals surface area contributed by atoms with Gasteiger partial charge in [0, 0.05) is 12.3 Å². The summed E-state index contributed by atoms with van der Waals surface area (Å²) < 4.78 is 5.28. The highest BCUT2D eigenvalue weighted by Gasteiger charge is 2.36. The highest BCUT2D eigenvalue weighted by molar-refractivity contribution is 7.80. The quantitative estimate of drug-likeness (QED) is 0.358. The molecule has 0 saturated heterocycles. The third-order valence-electron chi connectivity index (χ3n) is 5.31. The molecule has 0 bridgehead atoms. The molecule has 0 radical (unpaired) electrons. The van der Waals surface area contributed by atoms with Crippen LogP contribution in [0.2, 0.25) is 5.02 Å². The second-order valence-corrected chi connectivity index (χ2v) is 10.1. The van der Waals surface area contributed by atoms with Gasteiger partial charge in [0.2, 0.25) is 5.91 Å². The molecule has 3 amide bonds. The molecule has 2 aromatic rings. The average molecular weight is 536 g/mol. The number of ether oxygens (including phenoxy) is 1. The molecule has 0 saturated carbocycles. The zero-order chi connectivity index (χ0) is 27.0. The normalized spacial score (nSPS) is 12.9. The van der Waals surface area contributed by atoms with E-state index in [1.807, 2.05) is 32.0 Å². The van der Waals surface area contributed by atoms with Crippen LogP contribution in [-0.4, -0.2) is 58.5 Å². The Morgan fingerprint density at radius 1 is 1.08 bits per heavy atom. The SMILES string of the molecule is Cc1ccccc1C(C(=O)Nc1c(C)cccc1Cl)N(CCO)C(=O)C(CS)NC(=O)OC(C)(C)C. The number of alkyl carbamates (subject to hydrolysis) is 1. The molecule has 3 N–H and O–H groups in total. The number of para-hydroxylation sites is 1. The average Bonchev–Trinajstić information content (AvgIpc) is 2.79. The maximum absolute atomic E-state index is 13.7. The fourth-order valence-corrected chi connectivity index (χ4v) is 4.15. The second kappa shape index (κ2) is 13.0. The fourth-order valence-electron chi connectivity index (χ4n) is 3.64. The van der Waals surface area contributed by atoms with Gasteiger partial charge in [0.05, 0.1) is 17.3 Å². The highest BCUT2D eigenvalue weighted by atomic mass is 35.5. The fraction of sp³-hybridized carbons (Fsp3) is 0.423. The highest BCUT2D eigenvalue weighted by Crippen LogP contribution is 2.30. The smallest absolute Gasteiger partial charge is 0.408 e. The zero-order valence-corrected chi connectivity index (χ0v) is 22.8. The molecule has 2 rings (SSSR count). The minimum Gasteiger partial charge on any atom is -0.444 e. The Morgan fingerprint density at radius 3 is 2.28 bits per heavy atom. The number of aliphatic hydroxyl groups excluding tert-OH is 1. The number of benzene rings is 2. The summed E-state index contributed by atoms with van der Waals surface area (Å²) in [6, 6.07) is 10.2. The summed E-state index contributed by atoms with van der Waals surface area (Å²) in [7, 11) is 0. The van der Waals surface area contributed by atoms with Gasteiger partial charge in [-0.2, -0.15) is 12.6 Å². The van der Waals surface area contributed by atoms with Crippen LogP contribution in [0.15, 0.2) is 42.5 Å². The van der Waals surface area contributed by atoms with Gasteiger partial charge in [0.1, 0.15) is 17.7 Å². The molecular weight excluding hydrogens is 502 g/mol.